The molecule has 1 saturated heterocycles. The number of rotatable bonds is 4. The van der Waals surface area contributed by atoms with Gasteiger partial charge in [0.05, 0.1) is 7.11 Å². The molecule has 6 heteroatoms. The minimum atomic E-state index is -0.501. The fourth-order valence-electron chi connectivity index (χ4n) is 2.40. The van der Waals surface area contributed by atoms with E-state index in [0.29, 0.717) is 23.7 Å². The first-order chi connectivity index (χ1) is 10.1. The molecule has 0 unspecified atom stereocenters. The van der Waals surface area contributed by atoms with Crippen molar-refractivity contribution in [1.29, 1.82) is 0 Å². The molecule has 1 aromatic carbocycles. The van der Waals surface area contributed by atoms with E-state index in [1.165, 1.54) is 7.11 Å². The molecule has 1 aliphatic heterocycles. The van der Waals surface area contributed by atoms with Crippen LogP contribution in [-0.4, -0.2) is 43.1 Å². The highest BCUT2D eigenvalue weighted by molar-refractivity contribution is 6.30. The van der Waals surface area contributed by atoms with Crippen LogP contribution in [0.4, 0.5) is 0 Å². The smallest absolute Gasteiger partial charge is 0.328 e. The number of piperidine rings is 1. The van der Waals surface area contributed by atoms with Crippen LogP contribution in [0.3, 0.4) is 0 Å². The van der Waals surface area contributed by atoms with Crippen LogP contribution in [0.5, 0.6) is 5.75 Å². The summed E-state index contributed by atoms with van der Waals surface area (Å²) in [4.78, 5) is 25.5. The summed E-state index contributed by atoms with van der Waals surface area (Å²) < 4.78 is 10.2. The van der Waals surface area contributed by atoms with Gasteiger partial charge in [0.2, 0.25) is 0 Å². The van der Waals surface area contributed by atoms with Crippen LogP contribution in [0, 0.1) is 0 Å². The predicted molar refractivity (Wildman–Crippen MR) is 78.3 cm³/mol. The number of carbonyl (C=O) groups is 2. The van der Waals surface area contributed by atoms with Gasteiger partial charge in [0.15, 0.2) is 6.61 Å². The van der Waals surface area contributed by atoms with Gasteiger partial charge < -0.3 is 14.4 Å². The van der Waals surface area contributed by atoms with Crippen LogP contribution in [0.15, 0.2) is 24.3 Å². The van der Waals surface area contributed by atoms with Crippen LogP contribution in [0.25, 0.3) is 0 Å². The number of benzene rings is 1. The monoisotopic (exact) mass is 311 g/mol. The van der Waals surface area contributed by atoms with Crippen molar-refractivity contribution in [2.45, 2.75) is 25.3 Å². The minimum Gasteiger partial charge on any atom is -0.484 e. The van der Waals surface area contributed by atoms with Gasteiger partial charge in [-0.1, -0.05) is 17.7 Å². The first-order valence-corrected chi connectivity index (χ1v) is 7.25. The molecular formula is C15H18ClNO4. The molecule has 0 bridgehead atoms. The second kappa shape index (κ2) is 7.31. The number of esters is 1. The zero-order valence-corrected chi connectivity index (χ0v) is 12.6. The van der Waals surface area contributed by atoms with E-state index in [9.17, 15) is 9.59 Å². The lowest BCUT2D eigenvalue weighted by Gasteiger charge is -2.33. The number of nitrogens with zero attached hydrogens (tertiary/aromatic N) is 1. The molecule has 0 aliphatic carbocycles. The molecule has 21 heavy (non-hydrogen) atoms. The van der Waals surface area contributed by atoms with Gasteiger partial charge in [0, 0.05) is 11.6 Å². The van der Waals surface area contributed by atoms with Gasteiger partial charge in [-0.05, 0) is 37.5 Å². The third-order valence-electron chi connectivity index (χ3n) is 3.45. The molecule has 5 nitrogen and oxygen atoms in total. The van der Waals surface area contributed by atoms with Crippen LogP contribution in [0.2, 0.25) is 5.02 Å². The van der Waals surface area contributed by atoms with E-state index < -0.39 is 6.04 Å². The molecule has 0 spiro atoms. The van der Waals surface area contributed by atoms with Crippen molar-refractivity contribution >= 4 is 23.5 Å². The number of ether oxygens (including phenoxy) is 2. The highest BCUT2D eigenvalue weighted by Gasteiger charge is 2.32. The number of halogens is 1. The van der Waals surface area contributed by atoms with Gasteiger partial charge in [-0.2, -0.15) is 0 Å². The van der Waals surface area contributed by atoms with Crippen LogP contribution >= 0.6 is 11.6 Å². The lowest BCUT2D eigenvalue weighted by atomic mass is 10.0. The Bertz CT molecular complexity index is 520. The second-order valence-corrected chi connectivity index (χ2v) is 5.30. The van der Waals surface area contributed by atoms with Gasteiger partial charge in [0.1, 0.15) is 11.8 Å². The maximum absolute atomic E-state index is 12.2. The normalized spacial score (nSPS) is 18.2. The van der Waals surface area contributed by atoms with Crippen LogP contribution in [-0.2, 0) is 14.3 Å². The summed E-state index contributed by atoms with van der Waals surface area (Å²) in [5.41, 5.74) is 0. The van der Waals surface area contributed by atoms with Crippen molar-refractivity contribution in [2.75, 3.05) is 20.3 Å². The largest absolute Gasteiger partial charge is 0.484 e. The summed E-state index contributed by atoms with van der Waals surface area (Å²) in [7, 11) is 1.34. The molecule has 0 N–H and O–H groups in total. The molecule has 1 aromatic rings. The van der Waals surface area contributed by atoms with Crippen molar-refractivity contribution in [2.24, 2.45) is 0 Å². The molecule has 1 fully saturated rings. The Balaban J connectivity index is 1.96. The average molecular weight is 312 g/mol. The maximum atomic E-state index is 12.2. The number of methoxy groups -OCH3 is 1. The first-order valence-electron chi connectivity index (χ1n) is 6.87. The van der Waals surface area contributed by atoms with E-state index in [2.05, 4.69) is 0 Å². The molecule has 1 heterocycles. The Morgan fingerprint density at radius 2 is 2.19 bits per heavy atom. The summed E-state index contributed by atoms with van der Waals surface area (Å²) in [6.07, 6.45) is 2.44. The average Bonchev–Trinajstić information content (AvgIpc) is 2.52. The first kappa shape index (κ1) is 15.6. The van der Waals surface area contributed by atoms with E-state index in [-0.39, 0.29) is 18.5 Å². The Hall–Kier alpha value is -1.75. The van der Waals surface area contributed by atoms with Crippen molar-refractivity contribution < 1.29 is 19.1 Å². The van der Waals surface area contributed by atoms with Gasteiger partial charge in [-0.3, -0.25) is 4.79 Å². The fraction of sp³-hybridized carbons (Fsp3) is 0.467. The van der Waals surface area contributed by atoms with E-state index >= 15 is 0 Å². The topological polar surface area (TPSA) is 55.8 Å². The summed E-state index contributed by atoms with van der Waals surface area (Å²) in [5, 5.41) is 0.547. The molecule has 1 amide bonds. The van der Waals surface area contributed by atoms with E-state index in [4.69, 9.17) is 21.1 Å². The number of hydrogen-bond donors (Lipinski definition) is 0. The van der Waals surface area contributed by atoms with Crippen molar-refractivity contribution in [3.8, 4) is 5.75 Å². The van der Waals surface area contributed by atoms with E-state index in [1.54, 1.807) is 29.2 Å². The summed E-state index contributed by atoms with van der Waals surface area (Å²) in [6.45, 7) is 0.436. The number of likely N-dealkylation sites (tertiary alicyclic amines) is 1. The van der Waals surface area contributed by atoms with Gasteiger partial charge >= 0.3 is 5.97 Å². The lowest BCUT2D eigenvalue weighted by Crippen LogP contribution is -2.50. The second-order valence-electron chi connectivity index (χ2n) is 4.87. The van der Waals surface area contributed by atoms with Crippen molar-refractivity contribution in [3.63, 3.8) is 0 Å². The molecule has 0 radical (unpaired) electrons. The zero-order chi connectivity index (χ0) is 15.2. The Labute approximate surface area is 128 Å². The van der Waals surface area contributed by atoms with Crippen molar-refractivity contribution in [1.82, 2.24) is 4.90 Å². The van der Waals surface area contributed by atoms with E-state index in [0.717, 1.165) is 12.8 Å². The molecule has 0 saturated carbocycles. The minimum absolute atomic E-state index is 0.117. The lowest BCUT2D eigenvalue weighted by molar-refractivity contribution is -0.155. The van der Waals surface area contributed by atoms with E-state index in [1.807, 2.05) is 0 Å². The third-order valence-corrected chi connectivity index (χ3v) is 3.69. The summed E-state index contributed by atoms with van der Waals surface area (Å²) >= 11 is 5.86. The fourth-order valence-corrected chi connectivity index (χ4v) is 2.58. The number of hydrogen-bond acceptors (Lipinski definition) is 4. The molecule has 2 rings (SSSR count). The molecule has 114 valence electrons. The highest BCUT2D eigenvalue weighted by Crippen LogP contribution is 2.20. The van der Waals surface area contributed by atoms with Gasteiger partial charge in [0.25, 0.3) is 5.91 Å². The number of carbonyl (C=O) groups excluding carboxylic acids is 2. The molecule has 1 aliphatic rings. The standard InChI is InChI=1S/C15H18ClNO4/c1-20-15(19)13-7-2-3-8-17(13)14(18)10-21-12-6-4-5-11(16)9-12/h4-6,9,13H,2-3,7-8,10H2,1H3/t13-/m1/s1. The van der Waals surface area contributed by atoms with Crippen LogP contribution < -0.4 is 4.74 Å². The Morgan fingerprint density at radius 3 is 2.90 bits per heavy atom. The van der Waals surface area contributed by atoms with Crippen molar-refractivity contribution in [3.05, 3.63) is 29.3 Å². The molecular weight excluding hydrogens is 294 g/mol. The van der Waals surface area contributed by atoms with Gasteiger partial charge in [-0.15, -0.1) is 0 Å². The van der Waals surface area contributed by atoms with Crippen LogP contribution in [0.1, 0.15) is 19.3 Å². The van der Waals surface area contributed by atoms with Gasteiger partial charge in [-0.25, -0.2) is 4.79 Å². The Kier molecular flexibility index (Phi) is 5.44. The third kappa shape index (κ3) is 4.11. The zero-order valence-electron chi connectivity index (χ0n) is 11.9. The Morgan fingerprint density at radius 1 is 1.38 bits per heavy atom. The summed E-state index contributed by atoms with van der Waals surface area (Å²) in [5.74, 6) is -0.0571. The summed E-state index contributed by atoms with van der Waals surface area (Å²) in [6, 6.07) is 6.35. The molecule has 1 atom stereocenters. The maximum Gasteiger partial charge on any atom is 0.328 e. The molecule has 0 aromatic heterocycles. The SMILES string of the molecule is COC(=O)[C@H]1CCCCN1C(=O)COc1cccc(Cl)c1. The highest BCUT2D eigenvalue weighted by atomic mass is 35.5. The quantitative estimate of drug-likeness (QED) is 0.801. The number of amides is 1. The predicted octanol–water partition coefficient (Wildman–Crippen LogP) is 2.27.